The minimum Gasteiger partial charge on any atom is -0.335 e. The van der Waals surface area contributed by atoms with Crippen LogP contribution < -0.4 is 0 Å². The van der Waals surface area contributed by atoms with Gasteiger partial charge in [-0.3, -0.25) is 9.69 Å². The number of aromatic nitrogens is 2. The lowest BCUT2D eigenvalue weighted by Crippen LogP contribution is -2.48. The van der Waals surface area contributed by atoms with Gasteiger partial charge in [0.1, 0.15) is 5.69 Å². The fourth-order valence-corrected chi connectivity index (χ4v) is 4.50. The van der Waals surface area contributed by atoms with E-state index < -0.39 is 0 Å². The number of rotatable bonds is 5. The number of nitrogens with zero attached hydrogens (tertiary/aromatic N) is 4. The van der Waals surface area contributed by atoms with Crippen molar-refractivity contribution >= 4 is 29.1 Å². The number of benzene rings is 3. The summed E-state index contributed by atoms with van der Waals surface area (Å²) in [5.74, 6) is -0.0416. The van der Waals surface area contributed by atoms with E-state index in [-0.39, 0.29) is 5.91 Å². The molecule has 0 atom stereocenters. The summed E-state index contributed by atoms with van der Waals surface area (Å²) >= 11 is 12.4. The molecule has 5 rings (SSSR count). The van der Waals surface area contributed by atoms with Gasteiger partial charge >= 0.3 is 0 Å². The average Bonchev–Trinajstić information content (AvgIpc) is 3.32. The number of amides is 1. The van der Waals surface area contributed by atoms with Crippen LogP contribution in [0.1, 0.15) is 16.1 Å². The van der Waals surface area contributed by atoms with E-state index in [9.17, 15) is 4.79 Å². The Bertz CT molecular complexity index is 1280. The van der Waals surface area contributed by atoms with Crippen molar-refractivity contribution in [3.8, 4) is 16.9 Å². The summed E-state index contributed by atoms with van der Waals surface area (Å²) in [4.78, 5) is 17.9. The zero-order valence-corrected chi connectivity index (χ0v) is 20.1. The topological polar surface area (TPSA) is 41.4 Å². The Morgan fingerprint density at radius 3 is 2.15 bits per heavy atom. The normalized spacial score (nSPS) is 14.4. The van der Waals surface area contributed by atoms with Gasteiger partial charge in [0.2, 0.25) is 0 Å². The van der Waals surface area contributed by atoms with E-state index >= 15 is 0 Å². The van der Waals surface area contributed by atoms with Crippen LogP contribution in [0.15, 0.2) is 84.9 Å². The second-order valence-corrected chi connectivity index (χ2v) is 9.16. The van der Waals surface area contributed by atoms with E-state index in [1.165, 1.54) is 5.56 Å². The van der Waals surface area contributed by atoms with E-state index in [0.29, 0.717) is 34.5 Å². The molecule has 7 heteroatoms. The first-order valence-corrected chi connectivity index (χ1v) is 12.0. The molecule has 0 N–H and O–H groups in total. The van der Waals surface area contributed by atoms with Gasteiger partial charge in [-0.1, -0.05) is 83.9 Å². The van der Waals surface area contributed by atoms with E-state index in [2.05, 4.69) is 29.2 Å². The Hall–Kier alpha value is -3.12. The first-order chi connectivity index (χ1) is 16.6. The van der Waals surface area contributed by atoms with Crippen molar-refractivity contribution < 1.29 is 4.79 Å². The molecule has 0 bridgehead atoms. The van der Waals surface area contributed by atoms with E-state index in [1.807, 2.05) is 53.4 Å². The molecular formula is C27H24Cl2N4O. The minimum absolute atomic E-state index is 0.0416. The third-order valence-electron chi connectivity index (χ3n) is 6.05. The van der Waals surface area contributed by atoms with Crippen LogP contribution in [0.5, 0.6) is 0 Å². The second-order valence-electron chi connectivity index (χ2n) is 8.35. The molecule has 1 aliphatic heterocycles. The number of carbonyl (C=O) groups is 1. The predicted octanol–water partition coefficient (Wildman–Crippen LogP) is 5.80. The van der Waals surface area contributed by atoms with Gasteiger partial charge in [0.15, 0.2) is 0 Å². The number of halogens is 2. The summed E-state index contributed by atoms with van der Waals surface area (Å²) in [6, 6.07) is 27.4. The summed E-state index contributed by atoms with van der Waals surface area (Å²) in [5, 5.41) is 5.65. The Kier molecular flexibility index (Phi) is 6.68. The third-order valence-corrected chi connectivity index (χ3v) is 6.79. The molecule has 172 valence electrons. The number of hydrogen-bond acceptors (Lipinski definition) is 3. The molecule has 0 saturated carbocycles. The lowest BCUT2D eigenvalue weighted by Gasteiger charge is -2.34. The van der Waals surface area contributed by atoms with Gasteiger partial charge in [0, 0.05) is 38.3 Å². The van der Waals surface area contributed by atoms with Gasteiger partial charge in [-0.05, 0) is 29.8 Å². The van der Waals surface area contributed by atoms with Crippen LogP contribution in [0.4, 0.5) is 0 Å². The summed E-state index contributed by atoms with van der Waals surface area (Å²) < 4.78 is 1.67. The fraction of sp³-hybridized carbons (Fsp3) is 0.185. The molecule has 0 radical (unpaired) electrons. The first kappa shape index (κ1) is 22.7. The van der Waals surface area contributed by atoms with E-state index in [0.717, 1.165) is 30.9 Å². The van der Waals surface area contributed by atoms with Gasteiger partial charge in [0.25, 0.3) is 5.91 Å². The largest absolute Gasteiger partial charge is 0.335 e. The highest BCUT2D eigenvalue weighted by Crippen LogP contribution is 2.28. The molecule has 5 nitrogen and oxygen atoms in total. The Labute approximate surface area is 209 Å². The van der Waals surface area contributed by atoms with Crippen molar-refractivity contribution in [3.05, 3.63) is 106 Å². The zero-order chi connectivity index (χ0) is 23.5. The maximum atomic E-state index is 13.6. The second kappa shape index (κ2) is 10.0. The van der Waals surface area contributed by atoms with Crippen molar-refractivity contribution in [2.75, 3.05) is 26.2 Å². The van der Waals surface area contributed by atoms with Crippen LogP contribution in [-0.4, -0.2) is 51.7 Å². The highest BCUT2D eigenvalue weighted by molar-refractivity contribution is 6.42. The molecule has 3 aromatic carbocycles. The Morgan fingerprint density at radius 2 is 1.47 bits per heavy atom. The standard InChI is InChI=1S/C27H24Cl2N4O/c28-23-12-11-22(17-24(23)29)33-26(18-25(30-33)21-9-5-2-6-10-21)27(34)32-15-13-31(14-16-32)19-20-7-3-1-4-8-20/h1-12,17-18H,13-16,19H2. The molecule has 1 saturated heterocycles. The highest BCUT2D eigenvalue weighted by atomic mass is 35.5. The van der Waals surface area contributed by atoms with Crippen LogP contribution in [0.25, 0.3) is 16.9 Å². The SMILES string of the molecule is O=C(c1cc(-c2ccccc2)nn1-c1ccc(Cl)c(Cl)c1)N1CCN(Cc2ccccc2)CC1. The lowest BCUT2D eigenvalue weighted by atomic mass is 10.1. The van der Waals surface area contributed by atoms with Crippen LogP contribution in [0, 0.1) is 0 Å². The molecule has 1 fully saturated rings. The third kappa shape index (κ3) is 4.87. The van der Waals surface area contributed by atoms with Crippen LogP contribution in [0.2, 0.25) is 10.0 Å². The maximum Gasteiger partial charge on any atom is 0.272 e. The van der Waals surface area contributed by atoms with Crippen molar-refractivity contribution in [2.45, 2.75) is 6.54 Å². The molecule has 0 aliphatic carbocycles. The summed E-state index contributed by atoms with van der Waals surface area (Å²) in [5.41, 5.74) is 4.17. The molecule has 1 aliphatic rings. The molecule has 34 heavy (non-hydrogen) atoms. The monoisotopic (exact) mass is 490 g/mol. The Balaban J connectivity index is 1.40. The van der Waals surface area contributed by atoms with Crippen molar-refractivity contribution in [1.82, 2.24) is 19.6 Å². The number of hydrogen-bond donors (Lipinski definition) is 0. The predicted molar refractivity (Wildman–Crippen MR) is 137 cm³/mol. The van der Waals surface area contributed by atoms with Crippen LogP contribution in [-0.2, 0) is 6.54 Å². The molecule has 1 amide bonds. The molecule has 0 unspecified atom stereocenters. The van der Waals surface area contributed by atoms with Crippen molar-refractivity contribution in [1.29, 1.82) is 0 Å². The smallest absolute Gasteiger partial charge is 0.272 e. The molecular weight excluding hydrogens is 467 g/mol. The maximum absolute atomic E-state index is 13.6. The zero-order valence-electron chi connectivity index (χ0n) is 18.6. The summed E-state index contributed by atoms with van der Waals surface area (Å²) in [6.07, 6.45) is 0. The number of carbonyl (C=O) groups excluding carboxylic acids is 1. The Morgan fingerprint density at radius 1 is 0.794 bits per heavy atom. The van der Waals surface area contributed by atoms with Gasteiger partial charge in [-0.2, -0.15) is 5.10 Å². The van der Waals surface area contributed by atoms with Crippen LogP contribution >= 0.6 is 23.2 Å². The average molecular weight is 491 g/mol. The van der Waals surface area contributed by atoms with Gasteiger partial charge in [-0.25, -0.2) is 4.68 Å². The van der Waals surface area contributed by atoms with Crippen molar-refractivity contribution in [3.63, 3.8) is 0 Å². The van der Waals surface area contributed by atoms with Gasteiger partial charge in [-0.15, -0.1) is 0 Å². The quantitative estimate of drug-likeness (QED) is 0.354. The van der Waals surface area contributed by atoms with E-state index in [1.54, 1.807) is 16.8 Å². The molecule has 1 aromatic heterocycles. The summed E-state index contributed by atoms with van der Waals surface area (Å²) in [6.45, 7) is 3.88. The van der Waals surface area contributed by atoms with Gasteiger partial charge in [0.05, 0.1) is 21.4 Å². The highest BCUT2D eigenvalue weighted by Gasteiger charge is 2.26. The van der Waals surface area contributed by atoms with E-state index in [4.69, 9.17) is 28.3 Å². The molecule has 0 spiro atoms. The van der Waals surface area contributed by atoms with Crippen LogP contribution in [0.3, 0.4) is 0 Å². The molecule has 2 heterocycles. The van der Waals surface area contributed by atoms with Gasteiger partial charge < -0.3 is 4.90 Å². The number of piperazine rings is 1. The minimum atomic E-state index is -0.0416. The first-order valence-electron chi connectivity index (χ1n) is 11.2. The summed E-state index contributed by atoms with van der Waals surface area (Å²) in [7, 11) is 0. The molecule has 4 aromatic rings. The lowest BCUT2D eigenvalue weighted by molar-refractivity contribution is 0.0619. The fourth-order valence-electron chi connectivity index (χ4n) is 4.21. The van der Waals surface area contributed by atoms with Crippen molar-refractivity contribution in [2.24, 2.45) is 0 Å².